The van der Waals surface area contributed by atoms with Crippen LogP contribution in [0.25, 0.3) is 10.2 Å². The van der Waals surface area contributed by atoms with E-state index in [-0.39, 0.29) is 23.9 Å². The molecule has 0 fully saturated rings. The van der Waals surface area contributed by atoms with Crippen LogP contribution in [0, 0.1) is 0 Å². The Hall–Kier alpha value is -3.05. The molecule has 0 atom stereocenters. The molecule has 0 radical (unpaired) electrons. The average molecular weight is 557 g/mol. The Balaban J connectivity index is 1.97. The van der Waals surface area contributed by atoms with Gasteiger partial charge in [0.1, 0.15) is 11.3 Å². The van der Waals surface area contributed by atoms with Crippen LogP contribution in [0.1, 0.15) is 31.1 Å². The summed E-state index contributed by atoms with van der Waals surface area (Å²) >= 11 is 1.43. The number of sulfonamides is 1. The molecule has 0 bridgehead atoms. The van der Waals surface area contributed by atoms with Crippen molar-refractivity contribution in [2.24, 2.45) is 0 Å². The lowest BCUT2D eigenvalue weighted by atomic mass is 10.2. The van der Waals surface area contributed by atoms with E-state index in [1.54, 1.807) is 17.0 Å². The largest absolute Gasteiger partial charge is 0.492 e. The summed E-state index contributed by atoms with van der Waals surface area (Å²) in [5, 5.41) is 0.573. The van der Waals surface area contributed by atoms with Crippen molar-refractivity contribution >= 4 is 42.6 Å². The molecule has 204 valence electrons. The van der Waals surface area contributed by atoms with Crippen LogP contribution < -0.4 is 9.64 Å². The van der Waals surface area contributed by atoms with E-state index in [0.29, 0.717) is 36.1 Å². The second-order valence-electron chi connectivity index (χ2n) is 8.44. The Kier molecular flexibility index (Phi) is 10.6. The first kappa shape index (κ1) is 29.5. The molecule has 0 spiro atoms. The molecule has 1 amide bonds. The fraction of sp³-hybridized carbons (Fsp3) is 0.357. The fourth-order valence-electron chi connectivity index (χ4n) is 4.00. The highest BCUT2D eigenvalue weighted by Gasteiger charge is 2.25. The number of benzene rings is 2. The van der Waals surface area contributed by atoms with Crippen LogP contribution in [0.5, 0.6) is 5.75 Å². The number of hydrogen-bond donors (Lipinski definition) is 0. The molecule has 3 aromatic rings. The number of fused-ring (bicyclic) bond motifs is 1. The van der Waals surface area contributed by atoms with Gasteiger partial charge in [0.05, 0.1) is 16.2 Å². The molecule has 0 unspecified atom stereocenters. The van der Waals surface area contributed by atoms with Gasteiger partial charge in [-0.15, -0.1) is 13.2 Å². The van der Waals surface area contributed by atoms with Crippen molar-refractivity contribution in [1.29, 1.82) is 0 Å². The van der Waals surface area contributed by atoms with Crippen LogP contribution in [0.3, 0.4) is 0 Å². The first-order valence-electron chi connectivity index (χ1n) is 12.7. The van der Waals surface area contributed by atoms with Gasteiger partial charge in [-0.1, -0.05) is 43.4 Å². The highest BCUT2D eigenvalue weighted by molar-refractivity contribution is 7.89. The van der Waals surface area contributed by atoms with E-state index in [1.807, 2.05) is 25.1 Å². The Bertz CT molecular complexity index is 1340. The monoisotopic (exact) mass is 556 g/mol. The van der Waals surface area contributed by atoms with E-state index < -0.39 is 10.0 Å². The third-order valence-corrected chi connectivity index (χ3v) is 8.97. The zero-order valence-electron chi connectivity index (χ0n) is 22.3. The van der Waals surface area contributed by atoms with Crippen molar-refractivity contribution in [3.8, 4) is 5.75 Å². The molecular weight excluding hydrogens is 520 g/mol. The molecule has 1 aromatic heterocycles. The maximum absolute atomic E-state index is 13.8. The fourth-order valence-corrected chi connectivity index (χ4v) is 6.39. The van der Waals surface area contributed by atoms with E-state index in [4.69, 9.17) is 9.72 Å². The Morgan fingerprint density at radius 3 is 2.24 bits per heavy atom. The van der Waals surface area contributed by atoms with E-state index >= 15 is 0 Å². The third-order valence-electron chi connectivity index (χ3n) is 6.09. The van der Waals surface area contributed by atoms with Crippen LogP contribution in [0.4, 0.5) is 5.13 Å². The maximum atomic E-state index is 13.8. The van der Waals surface area contributed by atoms with E-state index in [0.717, 1.165) is 23.3 Å². The Labute approximate surface area is 229 Å². The van der Waals surface area contributed by atoms with Gasteiger partial charge in [0.25, 0.3) is 5.91 Å². The summed E-state index contributed by atoms with van der Waals surface area (Å²) in [4.78, 5) is 22.6. The van der Waals surface area contributed by atoms with Crippen LogP contribution in [-0.2, 0) is 10.0 Å². The van der Waals surface area contributed by atoms with Crippen LogP contribution in [0.2, 0.25) is 0 Å². The van der Waals surface area contributed by atoms with Crippen molar-refractivity contribution in [2.75, 3.05) is 50.8 Å². The summed E-state index contributed by atoms with van der Waals surface area (Å²) in [6.07, 6.45) is 3.06. The van der Waals surface area contributed by atoms with Gasteiger partial charge in [-0.25, -0.2) is 13.4 Å². The van der Waals surface area contributed by atoms with Gasteiger partial charge >= 0.3 is 0 Å². The number of likely N-dealkylation sites (N-methyl/N-ethyl adjacent to an activating group) is 1. The summed E-state index contributed by atoms with van der Waals surface area (Å²) in [6, 6.07) is 11.8. The summed E-state index contributed by atoms with van der Waals surface area (Å²) in [5.41, 5.74) is 1.10. The molecule has 0 saturated heterocycles. The van der Waals surface area contributed by atoms with Crippen molar-refractivity contribution in [2.45, 2.75) is 25.7 Å². The standard InChI is InChI=1S/C28H36N4O4S2/c1-6-18-31(19-7-2)38(34,35)23-16-14-22(15-17-23)27(33)32(21-20-30(8-3)9-4)28-29-26-24(36-10-5)12-11-13-25(26)37-28/h6-7,11-17H,1-2,8-10,18-21H2,3-5H3. The molecule has 0 saturated carbocycles. The number of carbonyl (C=O) groups is 1. The zero-order chi connectivity index (χ0) is 27.7. The molecular formula is C28H36N4O4S2. The quantitative estimate of drug-likeness (QED) is 0.244. The molecule has 38 heavy (non-hydrogen) atoms. The van der Waals surface area contributed by atoms with Gasteiger partial charge in [-0.2, -0.15) is 4.31 Å². The van der Waals surface area contributed by atoms with Crippen molar-refractivity contribution in [3.05, 3.63) is 73.3 Å². The molecule has 0 aliphatic rings. The summed E-state index contributed by atoms with van der Waals surface area (Å²) in [5.74, 6) is 0.439. The van der Waals surface area contributed by atoms with E-state index in [9.17, 15) is 13.2 Å². The number of hydrogen-bond acceptors (Lipinski definition) is 7. The number of carbonyl (C=O) groups excluding carboxylic acids is 1. The Morgan fingerprint density at radius 1 is 1.00 bits per heavy atom. The normalized spacial score (nSPS) is 11.7. The van der Waals surface area contributed by atoms with Gasteiger partial charge in [0.2, 0.25) is 10.0 Å². The second kappa shape index (κ2) is 13.7. The molecule has 0 aliphatic heterocycles. The van der Waals surface area contributed by atoms with Crippen molar-refractivity contribution in [3.63, 3.8) is 0 Å². The van der Waals surface area contributed by atoms with Crippen molar-refractivity contribution in [1.82, 2.24) is 14.2 Å². The molecule has 10 heteroatoms. The first-order chi connectivity index (χ1) is 18.3. The highest BCUT2D eigenvalue weighted by atomic mass is 32.2. The number of nitrogens with zero attached hydrogens (tertiary/aromatic N) is 4. The van der Waals surface area contributed by atoms with E-state index in [2.05, 4.69) is 31.9 Å². The number of para-hydroxylation sites is 1. The lowest BCUT2D eigenvalue weighted by Gasteiger charge is -2.25. The van der Waals surface area contributed by atoms with Gasteiger partial charge in [0, 0.05) is 31.7 Å². The second-order valence-corrected chi connectivity index (χ2v) is 11.4. The minimum atomic E-state index is -3.76. The van der Waals surface area contributed by atoms with Gasteiger partial charge < -0.3 is 9.64 Å². The van der Waals surface area contributed by atoms with Gasteiger partial charge in [-0.3, -0.25) is 9.69 Å². The zero-order valence-corrected chi connectivity index (χ0v) is 23.9. The third kappa shape index (κ3) is 6.68. The van der Waals surface area contributed by atoms with Gasteiger partial charge in [-0.05, 0) is 56.4 Å². The van der Waals surface area contributed by atoms with Gasteiger partial charge in [0.15, 0.2) is 5.13 Å². The number of ether oxygens (including phenoxy) is 1. The maximum Gasteiger partial charge on any atom is 0.260 e. The molecule has 2 aromatic carbocycles. The van der Waals surface area contributed by atoms with Crippen LogP contribution in [0.15, 0.2) is 72.7 Å². The SMILES string of the molecule is C=CCN(CC=C)S(=O)(=O)c1ccc(C(=O)N(CCN(CC)CC)c2nc3c(OCC)cccc3s2)cc1. The smallest absolute Gasteiger partial charge is 0.260 e. The summed E-state index contributed by atoms with van der Waals surface area (Å²) in [6.45, 7) is 17.1. The molecule has 1 heterocycles. The predicted octanol–water partition coefficient (Wildman–Crippen LogP) is 5.05. The molecule has 3 rings (SSSR count). The first-order valence-corrected chi connectivity index (χ1v) is 14.9. The minimum Gasteiger partial charge on any atom is -0.492 e. The highest BCUT2D eigenvalue weighted by Crippen LogP contribution is 2.35. The summed E-state index contributed by atoms with van der Waals surface area (Å²) < 4.78 is 34.1. The predicted molar refractivity (Wildman–Crippen MR) is 156 cm³/mol. The lowest BCUT2D eigenvalue weighted by Crippen LogP contribution is -2.39. The molecule has 8 nitrogen and oxygen atoms in total. The number of anilines is 1. The topological polar surface area (TPSA) is 83.1 Å². The number of rotatable bonds is 15. The molecule has 0 aliphatic carbocycles. The van der Waals surface area contributed by atoms with E-state index in [1.165, 1.54) is 39.9 Å². The van der Waals surface area contributed by atoms with Crippen molar-refractivity contribution < 1.29 is 17.9 Å². The minimum absolute atomic E-state index is 0.105. The summed E-state index contributed by atoms with van der Waals surface area (Å²) in [7, 11) is -3.76. The number of thiazole rings is 1. The molecule has 0 N–H and O–H groups in total. The van der Waals surface area contributed by atoms with Crippen LogP contribution >= 0.6 is 11.3 Å². The number of aromatic nitrogens is 1. The number of amides is 1. The lowest BCUT2D eigenvalue weighted by molar-refractivity contribution is 0.0983. The Morgan fingerprint density at radius 2 is 1.66 bits per heavy atom. The van der Waals surface area contributed by atoms with Crippen LogP contribution in [-0.4, -0.2) is 74.4 Å². The average Bonchev–Trinajstić information content (AvgIpc) is 3.36.